The van der Waals surface area contributed by atoms with Crippen molar-refractivity contribution in [2.24, 2.45) is 0 Å². The summed E-state index contributed by atoms with van der Waals surface area (Å²) in [7, 11) is 1.18. The monoisotopic (exact) mass is 508 g/mol. The molecule has 1 aromatic carbocycles. The van der Waals surface area contributed by atoms with Crippen molar-refractivity contribution in [3.8, 4) is 0 Å². The molecule has 172 valence electrons. The average molecular weight is 509 g/mol. The minimum atomic E-state index is -1.43. The Morgan fingerprint density at radius 2 is 1.81 bits per heavy atom. The number of halogens is 1. The number of nitrogens with zero attached hydrogens (tertiary/aromatic N) is 2. The highest BCUT2D eigenvalue weighted by molar-refractivity contribution is 9.10. The van der Waals surface area contributed by atoms with Crippen molar-refractivity contribution >= 4 is 39.5 Å². The summed E-state index contributed by atoms with van der Waals surface area (Å²) in [4.78, 5) is 40.5. The van der Waals surface area contributed by atoms with Crippen molar-refractivity contribution in [3.05, 3.63) is 62.7 Å². The van der Waals surface area contributed by atoms with E-state index in [2.05, 4.69) is 31.5 Å². The Morgan fingerprint density at radius 1 is 1.19 bits per heavy atom. The van der Waals surface area contributed by atoms with Crippen LogP contribution in [0.25, 0.3) is 0 Å². The van der Waals surface area contributed by atoms with Crippen molar-refractivity contribution in [3.63, 3.8) is 0 Å². The number of carbonyl (C=O) groups excluding carboxylic acids is 2. The third kappa shape index (κ3) is 6.16. The number of esters is 1. The number of hydrogen-bond acceptors (Lipinski definition) is 8. The zero-order chi connectivity index (χ0) is 24.1. The van der Waals surface area contributed by atoms with E-state index in [0.717, 1.165) is 0 Å². The van der Waals surface area contributed by atoms with Gasteiger partial charge in [-0.3, -0.25) is 10.1 Å². The van der Waals surface area contributed by atoms with E-state index in [-0.39, 0.29) is 11.5 Å². The van der Waals surface area contributed by atoms with E-state index in [9.17, 15) is 19.7 Å². The van der Waals surface area contributed by atoms with E-state index in [1.54, 1.807) is 58.0 Å². The zero-order valence-electron chi connectivity index (χ0n) is 18.3. The molecule has 32 heavy (non-hydrogen) atoms. The summed E-state index contributed by atoms with van der Waals surface area (Å²) in [6.07, 6.45) is 0.572. The zero-order valence-corrected chi connectivity index (χ0v) is 19.9. The van der Waals surface area contributed by atoms with Gasteiger partial charge in [-0.05, 0) is 49.2 Å². The van der Waals surface area contributed by atoms with E-state index < -0.39 is 34.2 Å². The van der Waals surface area contributed by atoms with Gasteiger partial charge < -0.3 is 20.1 Å². The van der Waals surface area contributed by atoms with Gasteiger partial charge in [0, 0.05) is 16.7 Å². The minimum Gasteiger partial charge on any atom is -0.467 e. The molecule has 2 N–H and O–H groups in total. The van der Waals surface area contributed by atoms with Crippen LogP contribution in [0.4, 0.5) is 16.3 Å². The van der Waals surface area contributed by atoms with Gasteiger partial charge in [0.15, 0.2) is 6.04 Å². The molecular weight excluding hydrogens is 484 g/mol. The lowest BCUT2D eigenvalue weighted by atomic mass is 9.84. The second-order valence-electron chi connectivity index (χ2n) is 8.07. The SMILES string of the molecule is COC(=O)[C@@H](Nc1ncc(Br)cc1[N+](=O)[O-])[C@](C)(NC(=O)OC(C)(C)C)c1ccccc1. The molecule has 0 aliphatic carbocycles. The number of ether oxygens (including phenoxy) is 2. The van der Waals surface area contributed by atoms with Gasteiger partial charge in [-0.2, -0.15) is 0 Å². The Morgan fingerprint density at radius 3 is 2.34 bits per heavy atom. The van der Waals surface area contributed by atoms with Gasteiger partial charge in [0.2, 0.25) is 5.82 Å². The van der Waals surface area contributed by atoms with Crippen molar-refractivity contribution < 1.29 is 24.0 Å². The van der Waals surface area contributed by atoms with Crippen LogP contribution in [0.3, 0.4) is 0 Å². The number of alkyl carbamates (subject to hydrolysis) is 1. The number of hydrogen-bond donors (Lipinski definition) is 2. The first-order chi connectivity index (χ1) is 14.9. The highest BCUT2D eigenvalue weighted by Gasteiger charge is 2.45. The maximum atomic E-state index is 12.9. The van der Waals surface area contributed by atoms with Crippen LogP contribution in [-0.2, 0) is 19.8 Å². The van der Waals surface area contributed by atoms with Crippen molar-refractivity contribution in [2.75, 3.05) is 12.4 Å². The number of rotatable bonds is 7. The van der Waals surface area contributed by atoms with Crippen LogP contribution in [0.5, 0.6) is 0 Å². The molecule has 2 aromatic rings. The number of benzene rings is 1. The van der Waals surface area contributed by atoms with Crippen LogP contribution >= 0.6 is 15.9 Å². The molecule has 2 atom stereocenters. The standard InChI is InChI=1S/C21H25BrN4O6/c1-20(2,3)32-19(28)25-21(4,13-9-7-6-8-10-13)16(18(27)31-5)24-17-15(26(29)30)11-14(22)12-23-17/h6-12,16H,1-5H3,(H,23,24)(H,25,28)/t16-,21-/m1/s1. The van der Waals surface area contributed by atoms with Crippen LogP contribution in [0.1, 0.15) is 33.3 Å². The number of methoxy groups -OCH3 is 1. The highest BCUT2D eigenvalue weighted by atomic mass is 79.9. The molecular formula is C21H25BrN4O6. The summed E-state index contributed by atoms with van der Waals surface area (Å²) in [5, 5.41) is 17.1. The van der Waals surface area contributed by atoms with Crippen molar-refractivity contribution in [2.45, 2.75) is 44.9 Å². The molecule has 10 nitrogen and oxygen atoms in total. The van der Waals surface area contributed by atoms with E-state index in [1.807, 2.05) is 0 Å². The third-order valence-corrected chi connectivity index (χ3v) is 4.89. The second-order valence-corrected chi connectivity index (χ2v) is 8.99. The number of anilines is 1. The van der Waals surface area contributed by atoms with Crippen molar-refractivity contribution in [1.82, 2.24) is 10.3 Å². The fourth-order valence-electron chi connectivity index (χ4n) is 2.98. The number of aromatic nitrogens is 1. The van der Waals surface area contributed by atoms with Crippen LogP contribution < -0.4 is 10.6 Å². The Bertz CT molecular complexity index is 996. The van der Waals surface area contributed by atoms with E-state index in [0.29, 0.717) is 10.0 Å². The Labute approximate surface area is 194 Å². The molecule has 0 saturated carbocycles. The van der Waals surface area contributed by atoms with Crippen LogP contribution in [-0.4, -0.2) is 40.7 Å². The predicted molar refractivity (Wildman–Crippen MR) is 121 cm³/mol. The summed E-state index contributed by atoms with van der Waals surface area (Å²) in [6.45, 7) is 6.71. The lowest BCUT2D eigenvalue weighted by Crippen LogP contribution is -2.59. The Hall–Kier alpha value is -3.21. The lowest BCUT2D eigenvalue weighted by Gasteiger charge is -2.38. The minimum absolute atomic E-state index is 0.165. The molecule has 0 spiro atoms. The van der Waals surface area contributed by atoms with Gasteiger partial charge in [0.05, 0.1) is 17.6 Å². The second kappa shape index (κ2) is 9.94. The molecule has 0 aliphatic rings. The molecule has 1 heterocycles. The molecule has 0 fully saturated rings. The van der Waals surface area contributed by atoms with Crippen LogP contribution in [0.15, 0.2) is 47.1 Å². The van der Waals surface area contributed by atoms with Gasteiger partial charge in [-0.25, -0.2) is 14.6 Å². The van der Waals surface area contributed by atoms with Crippen molar-refractivity contribution in [1.29, 1.82) is 0 Å². The smallest absolute Gasteiger partial charge is 0.408 e. The topological polar surface area (TPSA) is 133 Å². The maximum Gasteiger partial charge on any atom is 0.408 e. The Balaban J connectivity index is 2.59. The Kier molecular flexibility index (Phi) is 7.78. The molecule has 0 radical (unpaired) electrons. The first kappa shape index (κ1) is 25.1. The molecule has 0 saturated heterocycles. The number of nitro groups is 1. The first-order valence-electron chi connectivity index (χ1n) is 9.58. The van der Waals surface area contributed by atoms with Crippen LogP contribution in [0, 0.1) is 10.1 Å². The third-order valence-electron chi connectivity index (χ3n) is 4.46. The number of pyridine rings is 1. The van der Waals surface area contributed by atoms with Gasteiger partial charge >= 0.3 is 17.7 Å². The highest BCUT2D eigenvalue weighted by Crippen LogP contribution is 2.32. The number of carbonyl (C=O) groups is 2. The fraction of sp³-hybridized carbons (Fsp3) is 0.381. The maximum absolute atomic E-state index is 12.9. The largest absolute Gasteiger partial charge is 0.467 e. The molecule has 0 unspecified atom stereocenters. The fourth-order valence-corrected chi connectivity index (χ4v) is 3.30. The van der Waals surface area contributed by atoms with E-state index in [1.165, 1.54) is 19.4 Å². The number of amides is 1. The number of nitrogens with one attached hydrogen (secondary N) is 2. The summed E-state index contributed by atoms with van der Waals surface area (Å²) in [5.41, 5.74) is -2.05. The summed E-state index contributed by atoms with van der Waals surface area (Å²) in [5.74, 6) is -0.937. The molecule has 1 aromatic heterocycles. The molecule has 0 bridgehead atoms. The van der Waals surface area contributed by atoms with Gasteiger partial charge in [-0.1, -0.05) is 30.3 Å². The van der Waals surface area contributed by atoms with Gasteiger partial charge in [0.1, 0.15) is 5.60 Å². The van der Waals surface area contributed by atoms with E-state index >= 15 is 0 Å². The van der Waals surface area contributed by atoms with Gasteiger partial charge in [-0.15, -0.1) is 0 Å². The predicted octanol–water partition coefficient (Wildman–Crippen LogP) is 4.15. The molecule has 1 amide bonds. The first-order valence-corrected chi connectivity index (χ1v) is 10.4. The summed E-state index contributed by atoms with van der Waals surface area (Å²) in [6, 6.07) is 8.62. The normalized spacial score (nSPS) is 13.9. The lowest BCUT2D eigenvalue weighted by molar-refractivity contribution is -0.384. The van der Waals surface area contributed by atoms with Gasteiger partial charge in [0.25, 0.3) is 0 Å². The molecule has 0 aliphatic heterocycles. The van der Waals surface area contributed by atoms with Crippen LogP contribution in [0.2, 0.25) is 0 Å². The van der Waals surface area contributed by atoms with E-state index in [4.69, 9.17) is 9.47 Å². The summed E-state index contributed by atoms with van der Waals surface area (Å²) >= 11 is 3.15. The molecule has 11 heteroatoms. The summed E-state index contributed by atoms with van der Waals surface area (Å²) < 4.78 is 10.7. The quantitative estimate of drug-likeness (QED) is 0.323. The molecule has 2 rings (SSSR count). The average Bonchev–Trinajstić information content (AvgIpc) is 2.71.